The van der Waals surface area contributed by atoms with Crippen molar-refractivity contribution < 1.29 is 9.47 Å². The number of nitrogens with one attached hydrogen (secondary N) is 1. The molecule has 4 rings (SSSR count). The molecule has 0 spiro atoms. The molecule has 1 aliphatic rings. The fourth-order valence-corrected chi connectivity index (χ4v) is 3.02. The first-order valence-electron chi connectivity index (χ1n) is 8.71. The van der Waals surface area contributed by atoms with Gasteiger partial charge >= 0.3 is 0 Å². The van der Waals surface area contributed by atoms with Crippen LogP contribution in [0, 0.1) is 0 Å². The SMILES string of the molecule is C=C1C=C(CC)c2c(nc(OCc3cccc(-n4cccc4)c3)[nH]c2=O)O1. The molecule has 0 radical (unpaired) electrons. The number of fused-ring (bicyclic) bond motifs is 1. The van der Waals surface area contributed by atoms with Gasteiger partial charge in [0.2, 0.25) is 5.88 Å². The molecular formula is C21H19N3O3. The van der Waals surface area contributed by atoms with Crippen LogP contribution in [0.2, 0.25) is 0 Å². The van der Waals surface area contributed by atoms with Gasteiger partial charge in [-0.25, -0.2) is 0 Å². The monoisotopic (exact) mass is 361 g/mol. The third-order valence-electron chi connectivity index (χ3n) is 4.32. The van der Waals surface area contributed by atoms with Gasteiger partial charge in [-0.2, -0.15) is 4.98 Å². The third kappa shape index (κ3) is 3.42. The van der Waals surface area contributed by atoms with Crippen LogP contribution in [0.25, 0.3) is 11.3 Å². The first kappa shape index (κ1) is 16.9. The molecular weight excluding hydrogens is 342 g/mol. The minimum Gasteiger partial charge on any atom is -0.460 e. The average Bonchev–Trinajstić information content (AvgIpc) is 3.20. The normalized spacial score (nSPS) is 12.9. The van der Waals surface area contributed by atoms with E-state index in [4.69, 9.17) is 9.47 Å². The Morgan fingerprint density at radius 3 is 2.85 bits per heavy atom. The molecule has 27 heavy (non-hydrogen) atoms. The number of hydrogen-bond donors (Lipinski definition) is 1. The lowest BCUT2D eigenvalue weighted by Crippen LogP contribution is -2.19. The number of rotatable bonds is 5. The van der Waals surface area contributed by atoms with Crippen molar-refractivity contribution in [3.05, 3.63) is 88.7 Å². The fourth-order valence-electron chi connectivity index (χ4n) is 3.02. The van der Waals surface area contributed by atoms with Crippen LogP contribution in [-0.4, -0.2) is 14.5 Å². The maximum absolute atomic E-state index is 12.5. The molecule has 0 saturated carbocycles. The molecule has 0 fully saturated rings. The second-order valence-electron chi connectivity index (χ2n) is 6.19. The molecule has 1 aromatic carbocycles. The minimum absolute atomic E-state index is 0.121. The number of ether oxygens (including phenoxy) is 2. The van der Waals surface area contributed by atoms with E-state index in [1.54, 1.807) is 6.08 Å². The Kier molecular flexibility index (Phi) is 4.38. The number of benzene rings is 1. The van der Waals surface area contributed by atoms with Crippen LogP contribution in [0.15, 0.2) is 72.0 Å². The highest BCUT2D eigenvalue weighted by atomic mass is 16.5. The second-order valence-corrected chi connectivity index (χ2v) is 6.19. The van der Waals surface area contributed by atoms with Crippen molar-refractivity contribution in [3.8, 4) is 17.6 Å². The number of hydrogen-bond acceptors (Lipinski definition) is 4. The molecule has 0 atom stereocenters. The summed E-state index contributed by atoms with van der Waals surface area (Å²) in [4.78, 5) is 19.4. The Labute approximate surface area is 156 Å². The van der Waals surface area contributed by atoms with E-state index in [1.165, 1.54) is 0 Å². The number of aromatic amines is 1. The van der Waals surface area contributed by atoms with E-state index in [0.717, 1.165) is 16.8 Å². The summed E-state index contributed by atoms with van der Waals surface area (Å²) >= 11 is 0. The smallest absolute Gasteiger partial charge is 0.300 e. The highest BCUT2D eigenvalue weighted by Gasteiger charge is 2.21. The number of nitrogens with zero attached hydrogens (tertiary/aromatic N) is 2. The molecule has 6 nitrogen and oxygen atoms in total. The topological polar surface area (TPSA) is 69.1 Å². The average molecular weight is 361 g/mol. The lowest BCUT2D eigenvalue weighted by Gasteiger charge is -2.17. The summed E-state index contributed by atoms with van der Waals surface area (Å²) in [6.07, 6.45) is 6.40. The van der Waals surface area contributed by atoms with E-state index < -0.39 is 0 Å². The molecule has 3 heterocycles. The molecule has 136 valence electrons. The zero-order chi connectivity index (χ0) is 18.8. The first-order valence-corrected chi connectivity index (χ1v) is 8.71. The Bertz CT molecular complexity index is 1080. The Hall–Kier alpha value is -3.54. The Balaban J connectivity index is 1.56. The van der Waals surface area contributed by atoms with Crippen LogP contribution < -0.4 is 15.0 Å². The molecule has 0 aliphatic carbocycles. The highest BCUT2D eigenvalue weighted by Crippen LogP contribution is 2.31. The quantitative estimate of drug-likeness (QED) is 0.750. The van der Waals surface area contributed by atoms with Gasteiger partial charge in [0.15, 0.2) is 0 Å². The van der Waals surface area contributed by atoms with E-state index in [0.29, 0.717) is 17.7 Å². The summed E-state index contributed by atoms with van der Waals surface area (Å²) in [7, 11) is 0. The maximum Gasteiger partial charge on any atom is 0.300 e. The molecule has 0 saturated heterocycles. The maximum atomic E-state index is 12.5. The van der Waals surface area contributed by atoms with E-state index in [1.807, 2.05) is 60.3 Å². The molecule has 1 N–H and O–H groups in total. The number of aromatic nitrogens is 3. The number of H-pyrrole nitrogens is 1. The minimum atomic E-state index is -0.281. The van der Waals surface area contributed by atoms with Crippen molar-refractivity contribution in [1.82, 2.24) is 14.5 Å². The number of allylic oxidation sites excluding steroid dienone is 2. The predicted octanol–water partition coefficient (Wildman–Crippen LogP) is 3.84. The third-order valence-corrected chi connectivity index (χ3v) is 4.32. The summed E-state index contributed by atoms with van der Waals surface area (Å²) in [6.45, 7) is 6.04. The van der Waals surface area contributed by atoms with E-state index in [-0.39, 0.29) is 24.1 Å². The van der Waals surface area contributed by atoms with E-state index in [2.05, 4.69) is 16.5 Å². The van der Waals surface area contributed by atoms with Crippen LogP contribution in [0.1, 0.15) is 24.5 Å². The molecule has 3 aromatic rings. The van der Waals surface area contributed by atoms with Crippen molar-refractivity contribution >= 4 is 5.57 Å². The first-order chi connectivity index (χ1) is 13.1. The van der Waals surface area contributed by atoms with Crippen LogP contribution in [0.5, 0.6) is 11.9 Å². The Morgan fingerprint density at radius 1 is 1.26 bits per heavy atom. The van der Waals surface area contributed by atoms with Gasteiger partial charge < -0.3 is 14.0 Å². The molecule has 0 unspecified atom stereocenters. The summed E-state index contributed by atoms with van der Waals surface area (Å²) in [5.41, 5.74) is 3.00. The van der Waals surface area contributed by atoms with Crippen molar-refractivity contribution in [2.75, 3.05) is 0 Å². The summed E-state index contributed by atoms with van der Waals surface area (Å²) in [5, 5.41) is 0. The zero-order valence-electron chi connectivity index (χ0n) is 14.9. The summed E-state index contributed by atoms with van der Waals surface area (Å²) in [5.74, 6) is 0.696. The van der Waals surface area contributed by atoms with Gasteiger partial charge in [0.25, 0.3) is 11.6 Å². The Morgan fingerprint density at radius 2 is 2.07 bits per heavy atom. The van der Waals surface area contributed by atoms with Gasteiger partial charge in [-0.15, -0.1) is 0 Å². The largest absolute Gasteiger partial charge is 0.460 e. The molecule has 0 amide bonds. The van der Waals surface area contributed by atoms with Crippen molar-refractivity contribution in [2.45, 2.75) is 20.0 Å². The molecule has 6 heteroatoms. The summed E-state index contributed by atoms with van der Waals surface area (Å²) in [6, 6.07) is 12.0. The van der Waals surface area contributed by atoms with Crippen molar-refractivity contribution in [3.63, 3.8) is 0 Å². The van der Waals surface area contributed by atoms with Crippen LogP contribution >= 0.6 is 0 Å². The van der Waals surface area contributed by atoms with Gasteiger partial charge in [-0.1, -0.05) is 25.6 Å². The fraction of sp³-hybridized carbons (Fsp3) is 0.143. The lowest BCUT2D eigenvalue weighted by atomic mass is 10.0. The lowest BCUT2D eigenvalue weighted by molar-refractivity contribution is 0.273. The van der Waals surface area contributed by atoms with Gasteiger partial charge in [0.05, 0.1) is 0 Å². The second kappa shape index (κ2) is 6.99. The predicted molar refractivity (Wildman–Crippen MR) is 103 cm³/mol. The molecule has 0 bridgehead atoms. The standard InChI is InChI=1S/C21H19N3O3/c1-3-16-11-14(2)27-20-18(16)19(25)22-21(23-20)26-13-15-7-6-8-17(12-15)24-9-4-5-10-24/h4-12H,2-3,13H2,1H3,(H,22,23,25). The zero-order valence-corrected chi connectivity index (χ0v) is 14.9. The van der Waals surface area contributed by atoms with Gasteiger partial charge in [0.1, 0.15) is 17.9 Å². The summed E-state index contributed by atoms with van der Waals surface area (Å²) < 4.78 is 13.2. The van der Waals surface area contributed by atoms with Crippen LogP contribution in [0.4, 0.5) is 0 Å². The molecule has 1 aliphatic heterocycles. The van der Waals surface area contributed by atoms with Crippen LogP contribution in [0.3, 0.4) is 0 Å². The van der Waals surface area contributed by atoms with E-state index in [9.17, 15) is 4.79 Å². The van der Waals surface area contributed by atoms with Gasteiger partial charge in [-0.3, -0.25) is 9.78 Å². The van der Waals surface area contributed by atoms with Gasteiger partial charge in [-0.05, 0) is 47.9 Å². The van der Waals surface area contributed by atoms with Gasteiger partial charge in [0, 0.05) is 18.1 Å². The van der Waals surface area contributed by atoms with Crippen LogP contribution in [-0.2, 0) is 6.61 Å². The van der Waals surface area contributed by atoms with Crippen molar-refractivity contribution in [2.24, 2.45) is 0 Å². The highest BCUT2D eigenvalue weighted by molar-refractivity contribution is 5.72. The van der Waals surface area contributed by atoms with Crippen molar-refractivity contribution in [1.29, 1.82) is 0 Å². The van der Waals surface area contributed by atoms with E-state index >= 15 is 0 Å². The molecule has 2 aromatic heterocycles.